The standard InChI is InChI=1S/C17H24N4O2.C2H6/c1-10(2)15-12(22-6)7-11(3)8-13(15)23-14-9-20-17(19-5)21-16(14)18-4;1-2/h7-10H,1-6H3,(H2,18,19,20,21);1-2H3. The lowest BCUT2D eigenvalue weighted by Gasteiger charge is -2.19. The summed E-state index contributed by atoms with van der Waals surface area (Å²) in [5, 5.41) is 5.95. The maximum absolute atomic E-state index is 6.12. The highest BCUT2D eigenvalue weighted by Gasteiger charge is 2.17. The van der Waals surface area contributed by atoms with E-state index in [1.165, 1.54) is 0 Å². The number of aromatic nitrogens is 2. The number of benzene rings is 1. The van der Waals surface area contributed by atoms with Gasteiger partial charge in [0.25, 0.3) is 0 Å². The van der Waals surface area contributed by atoms with Crippen LogP contribution in [0.3, 0.4) is 0 Å². The van der Waals surface area contributed by atoms with Gasteiger partial charge in [0.2, 0.25) is 5.95 Å². The van der Waals surface area contributed by atoms with Crippen LogP contribution in [0.15, 0.2) is 18.3 Å². The number of hydrogen-bond acceptors (Lipinski definition) is 6. The Hall–Kier alpha value is -2.50. The van der Waals surface area contributed by atoms with Gasteiger partial charge < -0.3 is 20.1 Å². The normalized spacial score (nSPS) is 9.96. The summed E-state index contributed by atoms with van der Waals surface area (Å²) in [5.74, 6) is 3.58. The molecule has 25 heavy (non-hydrogen) atoms. The highest BCUT2D eigenvalue weighted by atomic mass is 16.5. The lowest BCUT2D eigenvalue weighted by Crippen LogP contribution is -2.04. The molecule has 1 aromatic heterocycles. The summed E-state index contributed by atoms with van der Waals surface area (Å²) in [7, 11) is 5.25. The molecule has 1 aromatic carbocycles. The Morgan fingerprint density at radius 2 is 1.64 bits per heavy atom. The van der Waals surface area contributed by atoms with E-state index in [4.69, 9.17) is 9.47 Å². The summed E-state index contributed by atoms with van der Waals surface area (Å²) in [4.78, 5) is 8.58. The lowest BCUT2D eigenvalue weighted by atomic mass is 9.99. The van der Waals surface area contributed by atoms with Crippen LogP contribution in [0.1, 0.15) is 44.7 Å². The predicted molar refractivity (Wildman–Crippen MR) is 104 cm³/mol. The van der Waals surface area contributed by atoms with Gasteiger partial charge in [-0.3, -0.25) is 0 Å². The van der Waals surface area contributed by atoms with Gasteiger partial charge in [0.05, 0.1) is 13.3 Å². The Labute approximate surface area is 151 Å². The minimum Gasteiger partial charge on any atom is -0.496 e. The number of aryl methyl sites for hydroxylation is 1. The average molecular weight is 346 g/mol. The van der Waals surface area contributed by atoms with Crippen molar-refractivity contribution in [2.24, 2.45) is 0 Å². The Morgan fingerprint density at radius 3 is 2.16 bits per heavy atom. The van der Waals surface area contributed by atoms with Crippen molar-refractivity contribution in [3.63, 3.8) is 0 Å². The maximum atomic E-state index is 6.12. The second kappa shape index (κ2) is 9.71. The monoisotopic (exact) mass is 346 g/mol. The first kappa shape index (κ1) is 20.5. The van der Waals surface area contributed by atoms with Crippen LogP contribution in [-0.4, -0.2) is 31.2 Å². The summed E-state index contributed by atoms with van der Waals surface area (Å²) in [6.45, 7) is 10.2. The topological polar surface area (TPSA) is 68.3 Å². The van der Waals surface area contributed by atoms with Crippen LogP contribution in [0, 0.1) is 6.92 Å². The van der Waals surface area contributed by atoms with E-state index in [2.05, 4.69) is 34.4 Å². The van der Waals surface area contributed by atoms with Crippen molar-refractivity contribution >= 4 is 11.8 Å². The molecule has 0 unspecified atom stereocenters. The average Bonchev–Trinajstić information content (AvgIpc) is 2.62. The third kappa shape index (κ3) is 4.98. The molecule has 0 atom stereocenters. The van der Waals surface area contributed by atoms with Crippen LogP contribution in [0.25, 0.3) is 0 Å². The third-order valence-electron chi connectivity index (χ3n) is 3.48. The molecule has 138 valence electrons. The van der Waals surface area contributed by atoms with E-state index < -0.39 is 0 Å². The zero-order valence-electron chi connectivity index (χ0n) is 16.5. The molecule has 2 aromatic rings. The van der Waals surface area contributed by atoms with Gasteiger partial charge in [-0.25, -0.2) is 4.98 Å². The fourth-order valence-electron chi connectivity index (χ4n) is 2.42. The van der Waals surface area contributed by atoms with Crippen molar-refractivity contribution in [2.75, 3.05) is 31.8 Å². The van der Waals surface area contributed by atoms with E-state index >= 15 is 0 Å². The molecular formula is C19H30N4O2. The Bertz CT molecular complexity index is 687. The van der Waals surface area contributed by atoms with Crippen molar-refractivity contribution in [3.05, 3.63) is 29.5 Å². The quantitative estimate of drug-likeness (QED) is 0.781. The SMILES string of the molecule is CC.CNc1ncc(Oc2cc(C)cc(OC)c2C(C)C)c(NC)n1. The van der Waals surface area contributed by atoms with Crippen molar-refractivity contribution < 1.29 is 9.47 Å². The van der Waals surface area contributed by atoms with Crippen LogP contribution >= 0.6 is 0 Å². The van der Waals surface area contributed by atoms with Gasteiger partial charge in [0.15, 0.2) is 11.6 Å². The number of nitrogens with one attached hydrogen (secondary N) is 2. The predicted octanol–water partition coefficient (Wildman–Crippen LogP) is 4.82. The van der Waals surface area contributed by atoms with E-state index in [0.717, 1.165) is 22.6 Å². The molecule has 0 bridgehead atoms. The fourth-order valence-corrected chi connectivity index (χ4v) is 2.42. The molecule has 0 aliphatic carbocycles. The molecule has 0 spiro atoms. The number of anilines is 2. The second-order valence-corrected chi connectivity index (χ2v) is 5.54. The van der Waals surface area contributed by atoms with Crippen LogP contribution in [0.2, 0.25) is 0 Å². The molecule has 0 fully saturated rings. The zero-order valence-corrected chi connectivity index (χ0v) is 16.5. The van der Waals surface area contributed by atoms with Crippen LogP contribution in [0.4, 0.5) is 11.8 Å². The Balaban J connectivity index is 0.00000151. The summed E-state index contributed by atoms with van der Waals surface area (Å²) in [5.41, 5.74) is 2.10. The van der Waals surface area contributed by atoms with E-state index in [9.17, 15) is 0 Å². The number of rotatable bonds is 6. The number of methoxy groups -OCH3 is 1. The molecule has 2 N–H and O–H groups in total. The molecule has 0 radical (unpaired) electrons. The van der Waals surface area contributed by atoms with E-state index in [1.807, 2.05) is 32.9 Å². The maximum Gasteiger partial charge on any atom is 0.224 e. The molecule has 0 aliphatic heterocycles. The summed E-state index contributed by atoms with van der Waals surface area (Å²) >= 11 is 0. The Morgan fingerprint density at radius 1 is 1.00 bits per heavy atom. The van der Waals surface area contributed by atoms with Crippen molar-refractivity contribution in [1.29, 1.82) is 0 Å². The zero-order chi connectivity index (χ0) is 19.0. The summed E-state index contributed by atoms with van der Waals surface area (Å²) in [6, 6.07) is 4.02. The second-order valence-electron chi connectivity index (χ2n) is 5.54. The largest absolute Gasteiger partial charge is 0.496 e. The molecule has 0 saturated heterocycles. The van der Waals surface area contributed by atoms with Gasteiger partial charge in [-0.1, -0.05) is 27.7 Å². The molecular weight excluding hydrogens is 316 g/mol. The van der Waals surface area contributed by atoms with Gasteiger partial charge in [0.1, 0.15) is 11.5 Å². The van der Waals surface area contributed by atoms with Crippen LogP contribution < -0.4 is 20.1 Å². The molecule has 1 heterocycles. The number of hydrogen-bond donors (Lipinski definition) is 2. The first-order valence-electron chi connectivity index (χ1n) is 8.59. The highest BCUT2D eigenvalue weighted by Crippen LogP contribution is 2.39. The fraction of sp³-hybridized carbons (Fsp3) is 0.474. The summed E-state index contributed by atoms with van der Waals surface area (Å²) in [6.07, 6.45) is 1.66. The Kier molecular flexibility index (Phi) is 7.98. The van der Waals surface area contributed by atoms with Crippen molar-refractivity contribution in [2.45, 2.75) is 40.5 Å². The van der Waals surface area contributed by atoms with Crippen molar-refractivity contribution in [1.82, 2.24) is 9.97 Å². The third-order valence-corrected chi connectivity index (χ3v) is 3.48. The molecule has 0 aliphatic rings. The van der Waals surface area contributed by atoms with Gasteiger partial charge in [-0.15, -0.1) is 0 Å². The molecule has 0 saturated carbocycles. The van der Waals surface area contributed by atoms with Gasteiger partial charge >= 0.3 is 0 Å². The van der Waals surface area contributed by atoms with E-state index in [1.54, 1.807) is 27.4 Å². The molecule has 2 rings (SSSR count). The lowest BCUT2D eigenvalue weighted by molar-refractivity contribution is 0.397. The minimum atomic E-state index is 0.260. The minimum absolute atomic E-state index is 0.260. The highest BCUT2D eigenvalue weighted by molar-refractivity contribution is 5.56. The van der Waals surface area contributed by atoms with Gasteiger partial charge in [0, 0.05) is 19.7 Å². The molecule has 6 nitrogen and oxygen atoms in total. The van der Waals surface area contributed by atoms with Crippen LogP contribution in [0.5, 0.6) is 17.2 Å². The van der Waals surface area contributed by atoms with Crippen LogP contribution in [-0.2, 0) is 0 Å². The van der Waals surface area contributed by atoms with Crippen molar-refractivity contribution in [3.8, 4) is 17.2 Å². The van der Waals surface area contributed by atoms with Gasteiger partial charge in [-0.05, 0) is 30.5 Å². The smallest absolute Gasteiger partial charge is 0.224 e. The van der Waals surface area contributed by atoms with Gasteiger partial charge in [-0.2, -0.15) is 4.98 Å². The number of nitrogens with zero attached hydrogens (tertiary/aromatic N) is 2. The first-order chi connectivity index (χ1) is 12.0. The number of ether oxygens (including phenoxy) is 2. The van der Waals surface area contributed by atoms with E-state index in [-0.39, 0.29) is 5.92 Å². The molecule has 6 heteroatoms. The first-order valence-corrected chi connectivity index (χ1v) is 8.59. The summed E-state index contributed by atoms with van der Waals surface area (Å²) < 4.78 is 11.6. The molecule has 0 amide bonds. The van der Waals surface area contributed by atoms with E-state index in [0.29, 0.717) is 17.5 Å².